The lowest BCUT2D eigenvalue weighted by Crippen LogP contribution is -2.63. The molecule has 8 heteroatoms. The van der Waals surface area contributed by atoms with E-state index >= 15 is 16.8 Å². The third kappa shape index (κ3) is 8.57. The highest BCUT2D eigenvalue weighted by Gasteiger charge is 2.52. The molecule has 6 nitrogen and oxygen atoms in total. The summed E-state index contributed by atoms with van der Waals surface area (Å²) >= 11 is 0. The molecular weight excluding hydrogens is 757 g/mol. The average Bonchev–Trinajstić information content (AvgIpc) is 3.25. The van der Waals surface area contributed by atoms with Crippen LogP contribution in [0, 0.1) is 13.8 Å². The minimum Gasteiger partial charge on any atom is -0.207 e. The van der Waals surface area contributed by atoms with Gasteiger partial charge >= 0.3 is 0 Å². The first-order chi connectivity index (χ1) is 28.0. The van der Waals surface area contributed by atoms with E-state index in [0.29, 0.717) is 24.0 Å². The summed E-state index contributed by atoms with van der Waals surface area (Å²) in [5.74, 6) is -0.254. The molecule has 296 valence electrons. The lowest BCUT2D eigenvalue weighted by molar-refractivity contribution is 0.198. The molecule has 0 amide bonds. The molecule has 6 aromatic rings. The first kappa shape index (κ1) is 40.8. The van der Waals surface area contributed by atoms with Gasteiger partial charge in [0, 0.05) is 24.9 Å². The maximum atomic E-state index is 15.1. The van der Waals surface area contributed by atoms with Crippen molar-refractivity contribution < 1.29 is 16.8 Å². The van der Waals surface area contributed by atoms with Gasteiger partial charge in [0.15, 0.2) is 0 Å². The van der Waals surface area contributed by atoms with Gasteiger partial charge in [0.05, 0.1) is 21.9 Å². The van der Waals surface area contributed by atoms with Gasteiger partial charge in [-0.25, -0.2) is 16.8 Å². The number of rotatable bonds is 16. The maximum Gasteiger partial charge on any atom is 0.243 e. The van der Waals surface area contributed by atoms with Crippen LogP contribution in [0.5, 0.6) is 0 Å². The van der Waals surface area contributed by atoms with Crippen LogP contribution < -0.4 is 0 Å². The fourth-order valence-corrected chi connectivity index (χ4v) is 11.4. The summed E-state index contributed by atoms with van der Waals surface area (Å²) in [5, 5.41) is 0. The second-order valence-corrected chi connectivity index (χ2v) is 18.9. The van der Waals surface area contributed by atoms with Gasteiger partial charge in [-0.15, -0.1) is 0 Å². The average molecular weight is 807 g/mol. The Hall–Kier alpha value is -5.38. The summed E-state index contributed by atoms with van der Waals surface area (Å²) in [5.41, 5.74) is 7.11. The Morgan fingerprint density at radius 2 is 0.690 bits per heavy atom. The lowest BCUT2D eigenvalue weighted by atomic mass is 9.76. The molecule has 1 saturated carbocycles. The SMILES string of the molecule is C=C1C(=C)[C@H](N(CCC(c2ccccc2)c2ccccc2)S(=O)(=O)c2ccc(C)cc2)[C@H]1N(CCC(c1ccccc1)c1ccccc1)S(=O)(=O)c1ccc(C)cc1. The molecule has 1 aliphatic rings. The van der Waals surface area contributed by atoms with E-state index in [9.17, 15) is 0 Å². The van der Waals surface area contributed by atoms with Crippen LogP contribution in [0.1, 0.15) is 58.1 Å². The van der Waals surface area contributed by atoms with E-state index < -0.39 is 32.1 Å². The number of sulfonamides is 2. The number of benzene rings is 6. The Morgan fingerprint density at radius 1 is 0.431 bits per heavy atom. The van der Waals surface area contributed by atoms with Crippen LogP contribution in [0.25, 0.3) is 0 Å². The number of nitrogens with zero attached hydrogens (tertiary/aromatic N) is 2. The Balaban J connectivity index is 1.33. The van der Waals surface area contributed by atoms with Crippen molar-refractivity contribution in [1.29, 1.82) is 0 Å². The second kappa shape index (κ2) is 17.6. The Morgan fingerprint density at radius 3 is 0.948 bits per heavy atom. The van der Waals surface area contributed by atoms with Crippen molar-refractivity contribution in [3.8, 4) is 0 Å². The molecule has 0 unspecified atom stereocenters. The molecule has 0 N–H and O–H groups in total. The van der Waals surface area contributed by atoms with Crippen molar-refractivity contribution in [2.75, 3.05) is 13.1 Å². The largest absolute Gasteiger partial charge is 0.243 e. The summed E-state index contributed by atoms with van der Waals surface area (Å²) in [4.78, 5) is 0.276. The Bertz CT molecular complexity index is 2280. The molecule has 2 atom stereocenters. The molecular formula is C50H50N2O4S2. The van der Waals surface area contributed by atoms with E-state index in [4.69, 9.17) is 0 Å². The van der Waals surface area contributed by atoms with E-state index in [1.54, 1.807) is 48.5 Å². The lowest BCUT2D eigenvalue weighted by Gasteiger charge is -2.51. The summed E-state index contributed by atoms with van der Waals surface area (Å²) in [6.07, 6.45) is 0.883. The highest BCUT2D eigenvalue weighted by molar-refractivity contribution is 7.89. The van der Waals surface area contributed by atoms with Crippen molar-refractivity contribution in [2.45, 2.75) is 60.4 Å². The summed E-state index contributed by atoms with van der Waals surface area (Å²) in [6, 6.07) is 52.2. The molecule has 0 radical (unpaired) electrons. The van der Waals surface area contributed by atoms with E-state index in [1.165, 1.54) is 8.61 Å². The third-order valence-corrected chi connectivity index (χ3v) is 15.2. The van der Waals surface area contributed by atoms with Gasteiger partial charge in [0.25, 0.3) is 0 Å². The molecule has 0 aromatic heterocycles. The predicted octanol–water partition coefficient (Wildman–Crippen LogP) is 10.3. The fraction of sp³-hybridized carbons (Fsp3) is 0.200. The summed E-state index contributed by atoms with van der Waals surface area (Å²) < 4.78 is 63.2. The standard InChI is InChI=1S/C50H50N2O4S2/c1-37-25-29-45(30-26-37)57(53,54)51(35-33-47(41-17-9-5-10-18-41)42-19-11-6-12-20-42)49-39(3)40(4)50(49)52(58(55,56)46-31-27-38(2)28-32-46)36-34-48(43-21-13-7-14-22-43)44-23-15-8-16-24-44/h5-32,47-50H,3-4,33-36H2,1-2H3/t49-,50-/m0/s1. The van der Waals surface area contributed by atoms with Crippen molar-refractivity contribution in [3.63, 3.8) is 0 Å². The van der Waals surface area contributed by atoms with Crippen LogP contribution in [-0.4, -0.2) is 50.6 Å². The zero-order valence-electron chi connectivity index (χ0n) is 33.1. The van der Waals surface area contributed by atoms with Crippen molar-refractivity contribution in [2.24, 2.45) is 0 Å². The smallest absolute Gasteiger partial charge is 0.207 e. The fourth-order valence-electron chi connectivity index (χ4n) is 8.14. The van der Waals surface area contributed by atoms with Gasteiger partial charge < -0.3 is 0 Å². The van der Waals surface area contributed by atoms with Crippen LogP contribution in [0.4, 0.5) is 0 Å². The highest BCUT2D eigenvalue weighted by atomic mass is 32.2. The molecule has 0 spiro atoms. The molecule has 0 saturated heterocycles. The van der Waals surface area contributed by atoms with Gasteiger partial charge in [0.1, 0.15) is 0 Å². The molecule has 7 rings (SSSR count). The van der Waals surface area contributed by atoms with Crippen molar-refractivity contribution in [3.05, 3.63) is 228 Å². The molecule has 1 aliphatic carbocycles. The summed E-state index contributed by atoms with van der Waals surface area (Å²) in [6.45, 7) is 12.8. The second-order valence-electron chi connectivity index (χ2n) is 15.1. The number of hydrogen-bond donors (Lipinski definition) is 0. The monoisotopic (exact) mass is 806 g/mol. The minimum atomic E-state index is -4.18. The normalized spacial score (nSPS) is 16.0. The quantitative estimate of drug-likeness (QED) is 0.0976. The Kier molecular flexibility index (Phi) is 12.4. The maximum absolute atomic E-state index is 15.1. The third-order valence-electron chi connectivity index (χ3n) is 11.4. The predicted molar refractivity (Wildman–Crippen MR) is 235 cm³/mol. The van der Waals surface area contributed by atoms with E-state index in [-0.39, 0.29) is 34.7 Å². The molecule has 0 bridgehead atoms. The van der Waals surface area contributed by atoms with Crippen LogP contribution in [-0.2, 0) is 20.0 Å². The molecule has 58 heavy (non-hydrogen) atoms. The van der Waals surface area contributed by atoms with Crippen molar-refractivity contribution >= 4 is 20.0 Å². The minimum absolute atomic E-state index is 0.104. The van der Waals surface area contributed by atoms with Gasteiger partial charge in [-0.3, -0.25) is 0 Å². The molecule has 1 fully saturated rings. The summed E-state index contributed by atoms with van der Waals surface area (Å²) in [7, 11) is -8.37. The number of hydrogen-bond acceptors (Lipinski definition) is 4. The zero-order chi connectivity index (χ0) is 40.9. The van der Waals surface area contributed by atoms with E-state index in [1.807, 2.05) is 86.6 Å². The van der Waals surface area contributed by atoms with Gasteiger partial charge in [-0.1, -0.05) is 170 Å². The van der Waals surface area contributed by atoms with Crippen molar-refractivity contribution in [1.82, 2.24) is 8.61 Å². The van der Waals surface area contributed by atoms with Crippen LogP contribution in [0.2, 0.25) is 0 Å². The van der Waals surface area contributed by atoms with E-state index in [2.05, 4.69) is 61.7 Å². The Labute approximate surface area is 344 Å². The van der Waals surface area contributed by atoms with Gasteiger partial charge in [0.2, 0.25) is 20.0 Å². The highest BCUT2D eigenvalue weighted by Crippen LogP contribution is 2.45. The zero-order valence-corrected chi connectivity index (χ0v) is 34.7. The molecule has 0 heterocycles. The molecule has 0 aliphatic heterocycles. The van der Waals surface area contributed by atoms with E-state index in [0.717, 1.165) is 33.4 Å². The van der Waals surface area contributed by atoms with Gasteiger partial charge in [-0.05, 0) is 84.4 Å². The van der Waals surface area contributed by atoms with Crippen LogP contribution in [0.15, 0.2) is 204 Å². The first-order valence-corrected chi connectivity index (χ1v) is 22.6. The molecule has 6 aromatic carbocycles. The topological polar surface area (TPSA) is 74.8 Å². The van der Waals surface area contributed by atoms with Crippen LogP contribution in [0.3, 0.4) is 0 Å². The first-order valence-electron chi connectivity index (χ1n) is 19.7. The van der Waals surface area contributed by atoms with Gasteiger partial charge in [-0.2, -0.15) is 8.61 Å². The number of aryl methyl sites for hydroxylation is 2. The van der Waals surface area contributed by atoms with Crippen LogP contribution >= 0.6 is 0 Å².